The van der Waals surface area contributed by atoms with Crippen molar-refractivity contribution >= 4 is 17.5 Å². The molecule has 0 bridgehead atoms. The number of amides is 2. The van der Waals surface area contributed by atoms with E-state index in [1.54, 1.807) is 12.1 Å². The number of likely N-dealkylation sites (tertiary alicyclic amines) is 1. The maximum absolute atomic E-state index is 13.2. The molecule has 2 atom stereocenters. The lowest BCUT2D eigenvalue weighted by molar-refractivity contribution is -0.130. The van der Waals surface area contributed by atoms with Crippen LogP contribution < -0.4 is 10.6 Å². The number of carbonyl (C=O) groups excluding carboxylic acids is 2. The number of nitrogens with zero attached hydrogens (tertiary/aromatic N) is 1. The van der Waals surface area contributed by atoms with E-state index in [4.69, 9.17) is 0 Å². The highest BCUT2D eigenvalue weighted by atomic mass is 19.1. The second-order valence-electron chi connectivity index (χ2n) is 9.11. The Kier molecular flexibility index (Phi) is 7.53. The zero-order chi connectivity index (χ0) is 22.3. The molecule has 1 heterocycles. The first-order valence-electron chi connectivity index (χ1n) is 11.7. The van der Waals surface area contributed by atoms with Gasteiger partial charge in [-0.25, -0.2) is 4.39 Å². The summed E-state index contributed by atoms with van der Waals surface area (Å²) in [5, 5.41) is 6.12. The molecular weight excluding hydrogens is 405 g/mol. The number of anilines is 1. The van der Waals surface area contributed by atoms with Gasteiger partial charge < -0.3 is 15.5 Å². The van der Waals surface area contributed by atoms with Crippen LogP contribution in [0.25, 0.3) is 0 Å². The SMILES string of the molecule is O=C(Nc1ccc(F)cc1)[C@@H]1C[C@H](C(=O)NC2CCCC2)CN(CCc2ccccc2)C1. The summed E-state index contributed by atoms with van der Waals surface area (Å²) in [7, 11) is 0. The molecule has 170 valence electrons. The molecule has 0 radical (unpaired) electrons. The van der Waals surface area contributed by atoms with Gasteiger partial charge >= 0.3 is 0 Å². The molecule has 0 aromatic heterocycles. The van der Waals surface area contributed by atoms with Gasteiger partial charge in [0.2, 0.25) is 11.8 Å². The standard InChI is InChI=1S/C26H32FN3O2/c27-22-10-12-24(13-11-22)29-26(32)21-16-20(25(31)28-23-8-4-5-9-23)17-30(18-21)15-14-19-6-2-1-3-7-19/h1-3,6-7,10-13,20-21,23H,4-5,8-9,14-18H2,(H,28,31)(H,29,32)/t20-,21+/m0/s1. The molecule has 2 aromatic carbocycles. The lowest BCUT2D eigenvalue weighted by atomic mass is 9.87. The van der Waals surface area contributed by atoms with E-state index in [0.29, 0.717) is 25.2 Å². The summed E-state index contributed by atoms with van der Waals surface area (Å²) in [6.45, 7) is 2.09. The van der Waals surface area contributed by atoms with Crippen LogP contribution in [0, 0.1) is 17.7 Å². The van der Waals surface area contributed by atoms with Gasteiger partial charge in [-0.1, -0.05) is 43.2 Å². The molecule has 1 saturated heterocycles. The smallest absolute Gasteiger partial charge is 0.228 e. The zero-order valence-electron chi connectivity index (χ0n) is 18.4. The third kappa shape index (κ3) is 6.16. The molecule has 0 spiro atoms. The fraction of sp³-hybridized carbons (Fsp3) is 0.462. The van der Waals surface area contributed by atoms with Gasteiger partial charge in [-0.15, -0.1) is 0 Å². The van der Waals surface area contributed by atoms with E-state index >= 15 is 0 Å². The summed E-state index contributed by atoms with van der Waals surface area (Å²) in [6, 6.07) is 16.3. The minimum atomic E-state index is -0.337. The van der Waals surface area contributed by atoms with Crippen molar-refractivity contribution in [3.05, 3.63) is 66.0 Å². The van der Waals surface area contributed by atoms with Crippen molar-refractivity contribution in [3.8, 4) is 0 Å². The molecule has 2 aromatic rings. The molecule has 6 heteroatoms. The minimum Gasteiger partial charge on any atom is -0.353 e. The fourth-order valence-corrected chi connectivity index (χ4v) is 4.85. The van der Waals surface area contributed by atoms with Crippen molar-refractivity contribution in [3.63, 3.8) is 0 Å². The first-order chi connectivity index (χ1) is 15.6. The molecule has 2 amide bonds. The van der Waals surface area contributed by atoms with Gasteiger partial charge in [-0.05, 0) is 55.5 Å². The number of benzene rings is 2. The topological polar surface area (TPSA) is 61.4 Å². The van der Waals surface area contributed by atoms with Crippen LogP contribution in [-0.2, 0) is 16.0 Å². The average molecular weight is 438 g/mol. The van der Waals surface area contributed by atoms with Crippen LogP contribution in [0.15, 0.2) is 54.6 Å². The van der Waals surface area contributed by atoms with Crippen LogP contribution in [-0.4, -0.2) is 42.4 Å². The van der Waals surface area contributed by atoms with E-state index in [0.717, 1.165) is 25.8 Å². The Labute approximate surface area is 189 Å². The van der Waals surface area contributed by atoms with Gasteiger partial charge in [0, 0.05) is 31.4 Å². The molecule has 1 saturated carbocycles. The highest BCUT2D eigenvalue weighted by molar-refractivity contribution is 5.93. The van der Waals surface area contributed by atoms with Gasteiger partial charge in [0.05, 0.1) is 11.8 Å². The first kappa shape index (κ1) is 22.5. The van der Waals surface area contributed by atoms with Crippen molar-refractivity contribution in [1.82, 2.24) is 10.2 Å². The second-order valence-corrected chi connectivity index (χ2v) is 9.11. The molecule has 32 heavy (non-hydrogen) atoms. The van der Waals surface area contributed by atoms with Gasteiger partial charge in [-0.3, -0.25) is 9.59 Å². The predicted octanol–water partition coefficient (Wildman–Crippen LogP) is 4.00. The number of halogens is 1. The summed E-state index contributed by atoms with van der Waals surface area (Å²) in [5.41, 5.74) is 1.82. The van der Waals surface area contributed by atoms with Gasteiger partial charge in [0.25, 0.3) is 0 Å². The predicted molar refractivity (Wildman–Crippen MR) is 124 cm³/mol. The van der Waals surface area contributed by atoms with Crippen LogP contribution in [0.2, 0.25) is 0 Å². The molecule has 1 aliphatic carbocycles. The summed E-state index contributed by atoms with van der Waals surface area (Å²) < 4.78 is 13.2. The molecule has 4 rings (SSSR count). The maximum Gasteiger partial charge on any atom is 0.228 e. The Bertz CT molecular complexity index is 897. The largest absolute Gasteiger partial charge is 0.353 e. The normalized spacial score (nSPS) is 21.9. The number of carbonyl (C=O) groups is 2. The number of piperidine rings is 1. The van der Waals surface area contributed by atoms with E-state index in [1.165, 1.54) is 30.5 Å². The average Bonchev–Trinajstić information content (AvgIpc) is 3.33. The van der Waals surface area contributed by atoms with E-state index < -0.39 is 0 Å². The van der Waals surface area contributed by atoms with Gasteiger partial charge in [-0.2, -0.15) is 0 Å². The van der Waals surface area contributed by atoms with Crippen LogP contribution in [0.1, 0.15) is 37.7 Å². The minimum absolute atomic E-state index is 0.0703. The molecule has 5 nitrogen and oxygen atoms in total. The van der Waals surface area contributed by atoms with E-state index in [2.05, 4.69) is 27.7 Å². The van der Waals surface area contributed by atoms with Gasteiger partial charge in [0.1, 0.15) is 5.82 Å². The third-order valence-electron chi connectivity index (χ3n) is 6.64. The molecular formula is C26H32FN3O2. The number of hydrogen-bond donors (Lipinski definition) is 2. The molecule has 2 aliphatic rings. The van der Waals surface area contributed by atoms with Crippen molar-refractivity contribution in [2.75, 3.05) is 25.0 Å². The molecule has 2 N–H and O–H groups in total. The van der Waals surface area contributed by atoms with Gasteiger partial charge in [0.15, 0.2) is 0 Å². The third-order valence-corrected chi connectivity index (χ3v) is 6.64. The van der Waals surface area contributed by atoms with Crippen molar-refractivity contribution < 1.29 is 14.0 Å². The Hall–Kier alpha value is -2.73. The zero-order valence-corrected chi connectivity index (χ0v) is 18.4. The highest BCUT2D eigenvalue weighted by Gasteiger charge is 2.35. The lowest BCUT2D eigenvalue weighted by Crippen LogP contribution is -2.50. The lowest BCUT2D eigenvalue weighted by Gasteiger charge is -2.37. The maximum atomic E-state index is 13.2. The Morgan fingerprint density at radius 2 is 1.56 bits per heavy atom. The van der Waals surface area contributed by atoms with E-state index in [1.807, 2.05) is 18.2 Å². The summed E-state index contributed by atoms with van der Waals surface area (Å²) in [4.78, 5) is 28.3. The second kappa shape index (κ2) is 10.7. The van der Waals surface area contributed by atoms with Crippen LogP contribution in [0.5, 0.6) is 0 Å². The van der Waals surface area contributed by atoms with Crippen LogP contribution >= 0.6 is 0 Å². The fourth-order valence-electron chi connectivity index (χ4n) is 4.85. The van der Waals surface area contributed by atoms with Crippen molar-refractivity contribution in [2.45, 2.75) is 44.6 Å². The van der Waals surface area contributed by atoms with Crippen LogP contribution in [0.4, 0.5) is 10.1 Å². The summed E-state index contributed by atoms with van der Waals surface area (Å²) in [5.74, 6) is -0.870. The first-order valence-corrected chi connectivity index (χ1v) is 11.7. The monoisotopic (exact) mass is 437 g/mol. The summed E-state index contributed by atoms with van der Waals surface area (Å²) >= 11 is 0. The van der Waals surface area contributed by atoms with Crippen LogP contribution in [0.3, 0.4) is 0 Å². The quantitative estimate of drug-likeness (QED) is 0.688. The number of hydrogen-bond acceptors (Lipinski definition) is 3. The van der Waals surface area contributed by atoms with E-state index in [9.17, 15) is 14.0 Å². The number of nitrogens with one attached hydrogen (secondary N) is 2. The summed E-state index contributed by atoms with van der Waals surface area (Å²) in [6.07, 6.45) is 5.84. The Morgan fingerprint density at radius 3 is 2.25 bits per heavy atom. The Morgan fingerprint density at radius 1 is 0.906 bits per heavy atom. The van der Waals surface area contributed by atoms with E-state index in [-0.39, 0.29) is 35.5 Å². The number of rotatable bonds is 7. The molecule has 0 unspecified atom stereocenters. The molecule has 2 fully saturated rings. The van der Waals surface area contributed by atoms with Crippen molar-refractivity contribution in [2.24, 2.45) is 11.8 Å². The van der Waals surface area contributed by atoms with Crippen molar-refractivity contribution in [1.29, 1.82) is 0 Å². The molecule has 1 aliphatic heterocycles. The highest BCUT2D eigenvalue weighted by Crippen LogP contribution is 2.26. The Balaban J connectivity index is 1.41.